The number of phenols is 1. The largest absolute Gasteiger partial charge is 0.506 e. The first-order chi connectivity index (χ1) is 13.8. The number of aliphatic hydroxyl groups excluding tert-OH is 1. The van der Waals surface area contributed by atoms with Crippen molar-refractivity contribution in [3.05, 3.63) is 28.8 Å². The van der Waals surface area contributed by atoms with Crippen LogP contribution in [-0.2, 0) is 19.1 Å². The van der Waals surface area contributed by atoms with Crippen LogP contribution in [0, 0.1) is 0 Å². The molecule has 2 fully saturated rings. The highest BCUT2D eigenvalue weighted by atomic mass is 35.5. The Kier molecular flexibility index (Phi) is 6.23. The maximum atomic E-state index is 12.5. The summed E-state index contributed by atoms with van der Waals surface area (Å²) in [5.41, 5.74) is 0.0232. The molecular weight excluding hydrogens is 406 g/mol. The van der Waals surface area contributed by atoms with E-state index in [1.165, 1.54) is 23.1 Å². The molecule has 0 saturated carbocycles. The van der Waals surface area contributed by atoms with Crippen LogP contribution in [0.25, 0.3) is 0 Å². The number of carbonyl (C=O) groups excluding carboxylic acids is 4. The zero-order valence-corrected chi connectivity index (χ0v) is 16.0. The van der Waals surface area contributed by atoms with Gasteiger partial charge in [0.05, 0.1) is 23.6 Å². The summed E-state index contributed by atoms with van der Waals surface area (Å²) in [7, 11) is 0. The molecule has 156 valence electrons. The number of aromatic hydroxyl groups is 1. The standard InChI is InChI=1S/C18H20ClN3O7/c19-15-9(3-1-5-12(15)23)16(26)20-8-13(24)22-6-2-4-11(22)17(27)21-10-7-14(25)29-18(10)28/h1,3,5,10-11,18,23,28H,2,4,6-8H2,(H,20,26)(H,21,27)/t10-,11-,18+/m0/s1. The van der Waals surface area contributed by atoms with E-state index in [-0.39, 0.29) is 29.3 Å². The third-order valence-electron chi connectivity index (χ3n) is 4.81. The Morgan fingerprint density at radius 3 is 2.76 bits per heavy atom. The molecule has 0 bridgehead atoms. The molecule has 0 unspecified atom stereocenters. The summed E-state index contributed by atoms with van der Waals surface area (Å²) in [5.74, 6) is -2.47. The van der Waals surface area contributed by atoms with Gasteiger partial charge in [-0.2, -0.15) is 0 Å². The predicted octanol–water partition coefficient (Wildman–Crippen LogP) is -0.483. The van der Waals surface area contributed by atoms with Gasteiger partial charge in [-0.25, -0.2) is 0 Å². The minimum Gasteiger partial charge on any atom is -0.506 e. The lowest BCUT2D eigenvalue weighted by Gasteiger charge is -2.25. The first-order valence-corrected chi connectivity index (χ1v) is 9.38. The summed E-state index contributed by atoms with van der Waals surface area (Å²) in [4.78, 5) is 49.8. The normalized spacial score (nSPS) is 23.6. The zero-order chi connectivity index (χ0) is 21.1. The van der Waals surface area contributed by atoms with Crippen molar-refractivity contribution >= 4 is 35.3 Å². The molecule has 1 aromatic rings. The summed E-state index contributed by atoms with van der Waals surface area (Å²) in [6, 6.07) is 2.55. The van der Waals surface area contributed by atoms with Gasteiger partial charge in [-0.3, -0.25) is 19.2 Å². The number of esters is 1. The summed E-state index contributed by atoms with van der Waals surface area (Å²) < 4.78 is 4.58. The van der Waals surface area contributed by atoms with Gasteiger partial charge in [-0.05, 0) is 25.0 Å². The van der Waals surface area contributed by atoms with E-state index >= 15 is 0 Å². The van der Waals surface area contributed by atoms with E-state index in [9.17, 15) is 29.4 Å². The Hall–Kier alpha value is -2.85. The minimum atomic E-state index is -1.41. The van der Waals surface area contributed by atoms with Crippen LogP contribution in [0.1, 0.15) is 29.6 Å². The van der Waals surface area contributed by atoms with Crippen molar-refractivity contribution < 1.29 is 34.1 Å². The third-order valence-corrected chi connectivity index (χ3v) is 5.21. The number of carbonyl (C=O) groups is 4. The van der Waals surface area contributed by atoms with Crippen LogP contribution in [0.2, 0.25) is 5.02 Å². The number of phenolic OH excluding ortho intramolecular Hbond substituents is 1. The van der Waals surface area contributed by atoms with Crippen LogP contribution in [0.15, 0.2) is 18.2 Å². The van der Waals surface area contributed by atoms with Gasteiger partial charge in [0, 0.05) is 6.54 Å². The molecule has 0 spiro atoms. The Balaban J connectivity index is 1.57. The first kappa shape index (κ1) is 20.9. The minimum absolute atomic E-state index is 0.0232. The van der Waals surface area contributed by atoms with E-state index in [0.717, 1.165) is 0 Å². The van der Waals surface area contributed by atoms with Crippen LogP contribution in [0.3, 0.4) is 0 Å². The van der Waals surface area contributed by atoms with Gasteiger partial charge in [0.2, 0.25) is 18.1 Å². The second-order valence-corrected chi connectivity index (χ2v) is 7.14. The first-order valence-electron chi connectivity index (χ1n) is 9.01. The Morgan fingerprint density at radius 2 is 2.07 bits per heavy atom. The second kappa shape index (κ2) is 8.66. The molecule has 11 heteroatoms. The van der Waals surface area contributed by atoms with Gasteiger partial charge in [0.1, 0.15) is 17.8 Å². The molecule has 1 aromatic carbocycles. The number of nitrogens with one attached hydrogen (secondary N) is 2. The molecule has 2 aliphatic heterocycles. The molecule has 29 heavy (non-hydrogen) atoms. The van der Waals surface area contributed by atoms with Gasteiger partial charge in [-0.1, -0.05) is 17.7 Å². The summed E-state index contributed by atoms with van der Waals surface area (Å²) in [6.45, 7) is -0.0232. The number of aliphatic hydroxyl groups is 1. The molecule has 3 amide bonds. The van der Waals surface area contributed by atoms with E-state index in [4.69, 9.17) is 11.6 Å². The average molecular weight is 426 g/mol. The number of likely N-dealkylation sites (tertiary alicyclic amines) is 1. The molecule has 4 N–H and O–H groups in total. The zero-order valence-electron chi connectivity index (χ0n) is 15.3. The number of benzene rings is 1. The Morgan fingerprint density at radius 1 is 1.31 bits per heavy atom. The van der Waals surface area contributed by atoms with Gasteiger partial charge < -0.3 is 30.5 Å². The lowest BCUT2D eigenvalue weighted by atomic mass is 10.1. The monoisotopic (exact) mass is 425 g/mol. The highest BCUT2D eigenvalue weighted by Gasteiger charge is 2.39. The van der Waals surface area contributed by atoms with Crippen molar-refractivity contribution in [1.82, 2.24) is 15.5 Å². The number of hydrogen-bond acceptors (Lipinski definition) is 7. The fourth-order valence-electron chi connectivity index (χ4n) is 3.33. The van der Waals surface area contributed by atoms with Crippen molar-refractivity contribution in [2.24, 2.45) is 0 Å². The van der Waals surface area contributed by atoms with E-state index in [0.29, 0.717) is 19.4 Å². The molecule has 0 aliphatic carbocycles. The van der Waals surface area contributed by atoms with Crippen LogP contribution in [0.5, 0.6) is 5.75 Å². The van der Waals surface area contributed by atoms with E-state index < -0.39 is 42.1 Å². The average Bonchev–Trinajstić information content (AvgIpc) is 3.28. The van der Waals surface area contributed by atoms with Crippen molar-refractivity contribution in [3.8, 4) is 5.75 Å². The fourth-order valence-corrected chi connectivity index (χ4v) is 3.54. The highest BCUT2D eigenvalue weighted by Crippen LogP contribution is 2.26. The van der Waals surface area contributed by atoms with E-state index in [1.807, 2.05) is 0 Å². The molecule has 3 atom stereocenters. The number of nitrogens with zero attached hydrogens (tertiary/aromatic N) is 1. The molecular formula is C18H20ClN3O7. The summed E-state index contributed by atoms with van der Waals surface area (Å²) in [6.07, 6.45) is -0.544. The van der Waals surface area contributed by atoms with Crippen molar-refractivity contribution in [3.63, 3.8) is 0 Å². The van der Waals surface area contributed by atoms with Gasteiger partial charge >= 0.3 is 5.97 Å². The molecule has 0 radical (unpaired) electrons. The van der Waals surface area contributed by atoms with Crippen LogP contribution >= 0.6 is 11.6 Å². The molecule has 0 aromatic heterocycles. The van der Waals surface area contributed by atoms with Gasteiger partial charge in [-0.15, -0.1) is 0 Å². The lowest BCUT2D eigenvalue weighted by molar-refractivity contribution is -0.155. The van der Waals surface area contributed by atoms with Crippen LogP contribution in [0.4, 0.5) is 0 Å². The molecule has 2 saturated heterocycles. The SMILES string of the molecule is O=C1C[C@H](NC(=O)[C@@H]2CCCN2C(=O)CNC(=O)c2cccc(O)c2Cl)[C@H](O)O1. The molecule has 10 nitrogen and oxygen atoms in total. The highest BCUT2D eigenvalue weighted by molar-refractivity contribution is 6.35. The lowest BCUT2D eigenvalue weighted by Crippen LogP contribution is -2.52. The van der Waals surface area contributed by atoms with Crippen molar-refractivity contribution in [2.75, 3.05) is 13.1 Å². The smallest absolute Gasteiger partial charge is 0.310 e. The fraction of sp³-hybridized carbons (Fsp3) is 0.444. The summed E-state index contributed by atoms with van der Waals surface area (Å²) >= 11 is 5.88. The van der Waals surface area contributed by atoms with Crippen molar-refractivity contribution in [2.45, 2.75) is 37.6 Å². The number of halogens is 1. The van der Waals surface area contributed by atoms with Crippen LogP contribution < -0.4 is 10.6 Å². The van der Waals surface area contributed by atoms with E-state index in [2.05, 4.69) is 15.4 Å². The topological polar surface area (TPSA) is 145 Å². The number of ether oxygens (including phenoxy) is 1. The Bertz CT molecular complexity index is 847. The quantitative estimate of drug-likeness (QED) is 0.466. The number of hydrogen-bond donors (Lipinski definition) is 4. The van der Waals surface area contributed by atoms with E-state index in [1.54, 1.807) is 0 Å². The summed E-state index contributed by atoms with van der Waals surface area (Å²) in [5, 5.41) is 24.0. The number of cyclic esters (lactones) is 1. The number of amides is 3. The van der Waals surface area contributed by atoms with Crippen LogP contribution in [-0.4, -0.2) is 70.3 Å². The van der Waals surface area contributed by atoms with Gasteiger partial charge in [0.15, 0.2) is 0 Å². The maximum absolute atomic E-state index is 12.5. The van der Waals surface area contributed by atoms with Crippen molar-refractivity contribution in [1.29, 1.82) is 0 Å². The predicted molar refractivity (Wildman–Crippen MR) is 98.8 cm³/mol. The third kappa shape index (κ3) is 4.60. The molecule has 3 rings (SSSR count). The molecule has 2 heterocycles. The van der Waals surface area contributed by atoms with Gasteiger partial charge in [0.25, 0.3) is 5.91 Å². The molecule has 2 aliphatic rings. The number of rotatable bonds is 5. The maximum Gasteiger partial charge on any atom is 0.310 e. The Labute approximate surface area is 170 Å². The second-order valence-electron chi connectivity index (χ2n) is 6.77.